The highest BCUT2D eigenvalue weighted by Gasteiger charge is 2.72. The Hall–Kier alpha value is -4.59. The molecule has 5 aliphatic carbocycles. The Bertz CT molecular complexity index is 3130. The third-order valence-corrected chi connectivity index (χ3v) is 25.1. The number of benzene rings is 3. The molecule has 17 nitrogen and oxygen atoms in total. The third kappa shape index (κ3) is 12.2. The Morgan fingerprint density at radius 1 is 0.696 bits per heavy atom. The minimum atomic E-state index is -1.33. The molecule has 0 radical (unpaired) electrons. The molecule has 9 aliphatic rings. The molecule has 4 aliphatic heterocycles. The number of aldehydes is 1. The summed E-state index contributed by atoms with van der Waals surface area (Å²) >= 11 is 0. The van der Waals surface area contributed by atoms with E-state index in [2.05, 4.69) is 71.5 Å². The van der Waals surface area contributed by atoms with E-state index < -0.39 is 96.8 Å². The number of ether oxygens (including phenoxy) is 12. The van der Waals surface area contributed by atoms with Gasteiger partial charge in [0.25, 0.3) is 0 Å². The van der Waals surface area contributed by atoms with Gasteiger partial charge < -0.3 is 61.6 Å². The van der Waals surface area contributed by atoms with Crippen LogP contribution in [0, 0.1) is 68.0 Å². The Labute approximate surface area is 545 Å². The van der Waals surface area contributed by atoms with E-state index in [0.717, 1.165) is 61.6 Å². The molecular weight excluding hydrogens is 1170 g/mol. The van der Waals surface area contributed by atoms with E-state index in [0.29, 0.717) is 37.9 Å². The summed E-state index contributed by atoms with van der Waals surface area (Å²) in [6.45, 7) is 27.6. The maximum absolute atomic E-state index is 16.5. The highest BCUT2D eigenvalue weighted by molar-refractivity contribution is 5.80. The first kappa shape index (κ1) is 67.4. The summed E-state index contributed by atoms with van der Waals surface area (Å²) in [6, 6.07) is 29.2. The van der Waals surface area contributed by atoms with Crippen molar-refractivity contribution in [1.29, 1.82) is 0 Å². The van der Waals surface area contributed by atoms with Gasteiger partial charge in [-0.25, -0.2) is 0 Å². The van der Waals surface area contributed by atoms with E-state index in [4.69, 9.17) is 56.8 Å². The zero-order chi connectivity index (χ0) is 65.2. The van der Waals surface area contributed by atoms with Crippen molar-refractivity contribution in [2.24, 2.45) is 73.1 Å². The van der Waals surface area contributed by atoms with Crippen LogP contribution in [0.4, 0.5) is 0 Å². The van der Waals surface area contributed by atoms with Crippen molar-refractivity contribution in [3.05, 3.63) is 130 Å². The molecule has 3 aromatic rings. The lowest BCUT2D eigenvalue weighted by molar-refractivity contribution is -0.354. The molecule has 4 heterocycles. The van der Waals surface area contributed by atoms with Crippen molar-refractivity contribution in [2.45, 2.75) is 246 Å². The number of nitrogens with zero attached hydrogens (tertiary/aromatic N) is 3. The van der Waals surface area contributed by atoms with E-state index in [1.54, 1.807) is 7.11 Å². The molecule has 17 heteroatoms. The van der Waals surface area contributed by atoms with Crippen molar-refractivity contribution < 1.29 is 66.4 Å². The normalized spacial score (nSPS) is 43.5. The number of fused-ring (bicyclic) bond motifs is 8. The van der Waals surface area contributed by atoms with Crippen LogP contribution < -0.4 is 0 Å². The average Bonchev–Trinajstić information content (AvgIpc) is 0.745. The first-order chi connectivity index (χ1) is 43.9. The van der Waals surface area contributed by atoms with Crippen molar-refractivity contribution in [3.63, 3.8) is 0 Å². The Morgan fingerprint density at radius 3 is 1.99 bits per heavy atom. The fourth-order valence-electron chi connectivity index (χ4n) is 19.5. The van der Waals surface area contributed by atoms with Crippen LogP contribution in [-0.4, -0.2) is 118 Å². The summed E-state index contributed by atoms with van der Waals surface area (Å²) < 4.78 is 82.2. The van der Waals surface area contributed by atoms with Crippen molar-refractivity contribution in [3.8, 4) is 0 Å². The summed E-state index contributed by atoms with van der Waals surface area (Å²) in [5.74, 6) is -1.67. The van der Waals surface area contributed by atoms with Crippen LogP contribution in [-0.2, 0) is 86.3 Å². The van der Waals surface area contributed by atoms with E-state index in [-0.39, 0.29) is 70.8 Å². The predicted octanol–water partition coefficient (Wildman–Crippen LogP) is 14.2. The van der Waals surface area contributed by atoms with Crippen molar-refractivity contribution >= 4 is 12.3 Å². The number of carbonyl (C=O) groups excluding carboxylic acids is 2. The van der Waals surface area contributed by atoms with Gasteiger partial charge >= 0.3 is 5.97 Å². The van der Waals surface area contributed by atoms with E-state index in [1.165, 1.54) is 11.9 Å². The molecule has 13 unspecified atom stereocenters. The molecule has 0 bridgehead atoms. The number of methoxy groups -OCH3 is 1. The number of allylic oxidation sites excluding steroid dienone is 2. The molecule has 0 aromatic heterocycles. The number of esters is 1. The molecule has 502 valence electrons. The van der Waals surface area contributed by atoms with Crippen LogP contribution in [0.5, 0.6) is 0 Å². The van der Waals surface area contributed by atoms with E-state index in [1.807, 2.05) is 119 Å². The Morgan fingerprint density at radius 2 is 1.34 bits per heavy atom. The minimum absolute atomic E-state index is 0.0346. The molecule has 0 amide bonds. The topological polar surface area (TPSA) is 194 Å². The van der Waals surface area contributed by atoms with Crippen LogP contribution in [0.2, 0.25) is 0 Å². The van der Waals surface area contributed by atoms with Crippen molar-refractivity contribution in [1.82, 2.24) is 0 Å². The first-order valence-corrected chi connectivity index (χ1v) is 34.4. The molecule has 92 heavy (non-hydrogen) atoms. The molecule has 0 N–H and O–H groups in total. The Kier molecular flexibility index (Phi) is 19.4. The van der Waals surface area contributed by atoms with Crippen LogP contribution in [0.15, 0.2) is 108 Å². The minimum Gasteiger partial charge on any atom is -0.432 e. The average molecular weight is 1270 g/mol. The number of hydrogen-bond acceptors (Lipinski definition) is 15. The smallest absolute Gasteiger partial charge is 0.317 e. The van der Waals surface area contributed by atoms with Crippen LogP contribution in [0.25, 0.3) is 10.4 Å². The fourth-order valence-corrected chi connectivity index (χ4v) is 19.5. The molecule has 4 saturated carbocycles. The van der Waals surface area contributed by atoms with Gasteiger partial charge in [-0.1, -0.05) is 170 Å². The molecule has 4 saturated heterocycles. The van der Waals surface area contributed by atoms with Crippen molar-refractivity contribution in [2.75, 3.05) is 20.3 Å². The van der Waals surface area contributed by atoms with E-state index in [9.17, 15) is 10.3 Å². The lowest BCUT2D eigenvalue weighted by Crippen LogP contribution is -2.68. The highest BCUT2D eigenvalue weighted by Crippen LogP contribution is 2.76. The maximum Gasteiger partial charge on any atom is 0.317 e. The second-order valence-electron chi connectivity index (χ2n) is 31.2. The molecular formula is C75H103N3O14. The summed E-state index contributed by atoms with van der Waals surface area (Å²) in [6.07, 6.45) is 2.24. The lowest BCUT2D eigenvalue weighted by atomic mass is 9.33. The molecule has 3 aromatic carbocycles. The van der Waals surface area contributed by atoms with Gasteiger partial charge in [0.15, 0.2) is 18.4 Å². The lowest BCUT2D eigenvalue weighted by Gasteiger charge is -2.71. The number of azide groups is 1. The van der Waals surface area contributed by atoms with Gasteiger partial charge in [0, 0.05) is 23.4 Å². The second-order valence-corrected chi connectivity index (χ2v) is 31.2. The largest absolute Gasteiger partial charge is 0.432 e. The number of rotatable bonds is 19. The maximum atomic E-state index is 16.5. The SMILES string of the molecule is CO[C@H]1C[C@]2(C)C(=CCC3C4(C)CC[C@H](C)[C@](C)(C=O)[C@@H]4CC[C@]32C)C2CC(C)(C)CCC21C(=O)O[C@@H]1O[C@@H](COCc2ccccc2)C(N=[N+]=[N-])C(C)C1O[C@@H]1O[C@H](C)C(O[C@@H]2OCC(OCc3ccccc3)C(OCc3ccccc3)C2C)C2OC(C)(C)OC21. The molecule has 0 spiro atoms. The van der Waals surface area contributed by atoms with Gasteiger partial charge in [-0.15, -0.1) is 0 Å². The highest BCUT2D eigenvalue weighted by atomic mass is 16.8. The zero-order valence-electron chi connectivity index (χ0n) is 56.7. The molecule has 24 atom stereocenters. The second kappa shape index (κ2) is 26.4. The van der Waals surface area contributed by atoms with Crippen LogP contribution in [0.3, 0.4) is 0 Å². The summed E-state index contributed by atoms with van der Waals surface area (Å²) in [5, 5.41) is 4.38. The molecule has 8 fully saturated rings. The fraction of sp³-hybridized carbons (Fsp3) is 0.707. The van der Waals surface area contributed by atoms with Gasteiger partial charge in [-0.05, 0) is 152 Å². The quantitative estimate of drug-likeness (QED) is 0.0275. The van der Waals surface area contributed by atoms with Gasteiger partial charge in [0.1, 0.15) is 42.2 Å². The van der Waals surface area contributed by atoms with Crippen LogP contribution in [0.1, 0.15) is 158 Å². The standard InChI is InChI=1S/C75H103N3O14/c1-45-31-33-71(9)56(72(45,10)44-79)32-34-73(11)57(71)30-29-52-53-37-69(5,6)35-36-75(53,58(81-13)38-74(52,73)12)68(80)90-66-61(46(2)59(77-78-76)54(87-66)42-82-39-49-23-17-14-18-24-49)88-67-64-63(91-70(7,8)92-64)62(48(4)86-67)89-65-47(3)60(84-41-51-27-21-16-22-28-51)55(43-85-65)83-40-50-25-19-15-20-26-50/h14-29,44-48,53-67H,30-43H2,1-13H3/t45-,46?,47?,48+,53?,54-,55?,56+,57?,58-,59?,60?,61?,62?,63?,64?,65-,66-,67-,71?,72-,73+,74+,75?/m0/s1. The zero-order valence-corrected chi connectivity index (χ0v) is 56.7. The monoisotopic (exact) mass is 1270 g/mol. The van der Waals surface area contributed by atoms with Gasteiger partial charge in [0.05, 0.1) is 63.5 Å². The van der Waals surface area contributed by atoms with E-state index >= 15 is 4.79 Å². The van der Waals surface area contributed by atoms with Gasteiger partial charge in [0.2, 0.25) is 6.29 Å². The van der Waals surface area contributed by atoms with Crippen LogP contribution >= 0.6 is 0 Å². The van der Waals surface area contributed by atoms with Gasteiger partial charge in [-0.3, -0.25) is 4.79 Å². The number of hydrogen-bond donors (Lipinski definition) is 0. The number of carbonyl (C=O) groups is 2. The predicted molar refractivity (Wildman–Crippen MR) is 345 cm³/mol. The third-order valence-electron chi connectivity index (χ3n) is 25.1. The van der Waals surface area contributed by atoms with Gasteiger partial charge in [-0.2, -0.15) is 0 Å². The summed E-state index contributed by atoms with van der Waals surface area (Å²) in [5.41, 5.74) is 12.6. The summed E-state index contributed by atoms with van der Waals surface area (Å²) in [4.78, 5) is 33.0. The first-order valence-electron chi connectivity index (χ1n) is 34.4. The summed E-state index contributed by atoms with van der Waals surface area (Å²) in [7, 11) is 1.76. The molecule has 12 rings (SSSR count). The Balaban J connectivity index is 0.840.